The zero-order valence-electron chi connectivity index (χ0n) is 10.0. The van der Waals surface area contributed by atoms with Crippen LogP contribution >= 0.6 is 23.4 Å². The lowest BCUT2D eigenvalue weighted by molar-refractivity contribution is 1.07. The molecule has 0 aliphatic carbocycles. The van der Waals surface area contributed by atoms with Crippen LogP contribution in [0.1, 0.15) is 1.37 Å². The molecule has 3 aromatic rings. The van der Waals surface area contributed by atoms with Crippen molar-refractivity contribution in [1.29, 1.82) is 0 Å². The molecule has 7 heteroatoms. The normalized spacial score (nSPS) is 11.7. The number of anilines is 1. The number of halogens is 1. The predicted molar refractivity (Wildman–Crippen MR) is 70.8 cm³/mol. The lowest BCUT2D eigenvalue weighted by Gasteiger charge is -2.06. The van der Waals surface area contributed by atoms with Crippen LogP contribution in [0.2, 0.25) is 5.02 Å². The van der Waals surface area contributed by atoms with Crippen molar-refractivity contribution < 1.29 is 1.37 Å². The molecule has 5 nitrogen and oxygen atoms in total. The first kappa shape index (κ1) is 10.2. The topological polar surface area (TPSA) is 69.1 Å². The molecule has 90 valence electrons. The van der Waals surface area contributed by atoms with Crippen LogP contribution in [0.25, 0.3) is 5.65 Å². The lowest BCUT2D eigenvalue weighted by Crippen LogP contribution is -1.95. The number of nitrogen functional groups attached to an aromatic ring is 1. The molecule has 0 unspecified atom stereocenters. The monoisotopic (exact) mass is 278 g/mol. The molecule has 0 atom stereocenters. The molecule has 3 aromatic heterocycles. The lowest BCUT2D eigenvalue weighted by atomic mass is 10.5. The highest BCUT2D eigenvalue weighted by Crippen LogP contribution is 2.35. The van der Waals surface area contributed by atoms with Gasteiger partial charge in [0.1, 0.15) is 5.03 Å². The van der Waals surface area contributed by atoms with Gasteiger partial charge in [-0.1, -0.05) is 23.4 Å². The summed E-state index contributed by atoms with van der Waals surface area (Å²) in [4.78, 5) is 12.9. The minimum Gasteiger partial charge on any atom is -0.381 e. The molecule has 0 radical (unpaired) electrons. The Hall–Kier alpha value is -1.79. The average Bonchev–Trinajstić information content (AvgIpc) is 2.85. The van der Waals surface area contributed by atoms with E-state index in [4.69, 9.17) is 18.7 Å². The fraction of sp³-hybridized carbons (Fsp3) is 0. The van der Waals surface area contributed by atoms with Crippen molar-refractivity contribution in [3.05, 3.63) is 42.0 Å². The number of hydrogen-bond donors (Lipinski definition) is 1. The fourth-order valence-corrected chi connectivity index (χ4v) is 2.59. The van der Waals surface area contributed by atoms with Gasteiger partial charge in [-0.3, -0.25) is 0 Å². The zero-order valence-corrected chi connectivity index (χ0v) is 10.6. The summed E-state index contributed by atoms with van der Waals surface area (Å²) in [6.07, 6.45) is 6.74. The highest BCUT2D eigenvalue weighted by atomic mass is 35.5. The largest absolute Gasteiger partial charge is 0.381 e. The van der Waals surface area contributed by atoms with Gasteiger partial charge < -0.3 is 10.1 Å². The average molecular weight is 279 g/mol. The Morgan fingerprint density at radius 3 is 3.00 bits per heavy atom. The Morgan fingerprint density at radius 2 is 2.17 bits per heavy atom. The maximum atomic E-state index is 7.34. The number of aromatic nitrogens is 4. The highest BCUT2D eigenvalue weighted by Gasteiger charge is 2.11. The Kier molecular flexibility index (Phi) is 2.52. The third kappa shape index (κ3) is 1.89. The molecule has 3 rings (SSSR count). The second-order valence-corrected chi connectivity index (χ2v) is 4.85. The molecule has 2 N–H and O–H groups in total. The Bertz CT molecular complexity index is 760. The number of nitrogens with zero attached hydrogens (tertiary/aromatic N) is 4. The van der Waals surface area contributed by atoms with Gasteiger partial charge in [0.15, 0.2) is 11.5 Å². The third-order valence-electron chi connectivity index (χ3n) is 2.32. The van der Waals surface area contributed by atoms with Crippen LogP contribution in [0.3, 0.4) is 0 Å². The summed E-state index contributed by atoms with van der Waals surface area (Å²) < 4.78 is 9.17. The van der Waals surface area contributed by atoms with E-state index in [1.165, 1.54) is 18.0 Å². The fourth-order valence-electron chi connectivity index (χ4n) is 1.50. The van der Waals surface area contributed by atoms with E-state index >= 15 is 0 Å². The molecule has 18 heavy (non-hydrogen) atoms. The summed E-state index contributed by atoms with van der Waals surface area (Å²) in [5.41, 5.74) is 6.41. The molecule has 3 heterocycles. The van der Waals surface area contributed by atoms with E-state index in [1.54, 1.807) is 6.20 Å². The van der Waals surface area contributed by atoms with Gasteiger partial charge in [-0.05, 0) is 6.07 Å². The first-order valence-electron chi connectivity index (χ1n) is 5.53. The van der Waals surface area contributed by atoms with Crippen LogP contribution in [0.15, 0.2) is 46.9 Å². The smallest absolute Gasteiger partial charge is 0.156 e. The van der Waals surface area contributed by atoms with Crippen molar-refractivity contribution in [1.82, 2.24) is 19.4 Å². The third-order valence-corrected chi connectivity index (χ3v) is 3.87. The number of fused-ring (bicyclic) bond motifs is 1. The maximum absolute atomic E-state index is 7.34. The number of imidazole rings is 1. The van der Waals surface area contributed by atoms with Gasteiger partial charge in [0.25, 0.3) is 0 Å². The van der Waals surface area contributed by atoms with E-state index in [-0.39, 0.29) is 12.0 Å². The molecule has 0 amide bonds. The highest BCUT2D eigenvalue weighted by molar-refractivity contribution is 7.99. The van der Waals surface area contributed by atoms with Crippen LogP contribution < -0.4 is 5.73 Å². The van der Waals surface area contributed by atoms with E-state index in [2.05, 4.69) is 15.0 Å². The summed E-state index contributed by atoms with van der Waals surface area (Å²) in [5.74, 6) is 0.219. The van der Waals surface area contributed by atoms with Gasteiger partial charge >= 0.3 is 0 Å². The van der Waals surface area contributed by atoms with Crippen molar-refractivity contribution >= 4 is 34.8 Å². The first-order valence-corrected chi connectivity index (χ1v) is 6.23. The summed E-state index contributed by atoms with van der Waals surface area (Å²) >= 11 is 7.59. The molecule has 0 spiro atoms. The Morgan fingerprint density at radius 1 is 1.28 bits per heavy atom. The van der Waals surface area contributed by atoms with E-state index in [9.17, 15) is 0 Å². The Balaban J connectivity index is 2.03. The van der Waals surface area contributed by atoms with E-state index in [0.29, 0.717) is 15.7 Å². The minimum absolute atomic E-state index is 0.0386. The van der Waals surface area contributed by atoms with E-state index in [0.717, 1.165) is 4.90 Å². The molecule has 0 bridgehead atoms. The van der Waals surface area contributed by atoms with E-state index < -0.39 is 0 Å². The van der Waals surface area contributed by atoms with Crippen molar-refractivity contribution in [3.8, 4) is 0 Å². The van der Waals surface area contributed by atoms with Gasteiger partial charge in [0, 0.05) is 35.9 Å². The Labute approximate surface area is 113 Å². The molecule has 0 aliphatic rings. The maximum Gasteiger partial charge on any atom is 0.156 e. The second kappa shape index (κ2) is 4.47. The molecule has 0 aliphatic heterocycles. The molecule has 0 saturated heterocycles. The van der Waals surface area contributed by atoms with Gasteiger partial charge in [-0.25, -0.2) is 15.0 Å². The quantitative estimate of drug-likeness (QED) is 0.780. The minimum atomic E-state index is 0.0386. The van der Waals surface area contributed by atoms with Crippen LogP contribution in [-0.4, -0.2) is 19.4 Å². The van der Waals surface area contributed by atoms with Crippen molar-refractivity contribution in [2.45, 2.75) is 9.92 Å². The van der Waals surface area contributed by atoms with Gasteiger partial charge in [-0.2, -0.15) is 0 Å². The van der Waals surface area contributed by atoms with Crippen LogP contribution in [0.5, 0.6) is 0 Å². The van der Waals surface area contributed by atoms with Gasteiger partial charge in [0.05, 0.1) is 6.39 Å². The summed E-state index contributed by atoms with van der Waals surface area (Å²) in [7, 11) is 0. The van der Waals surface area contributed by atoms with Crippen LogP contribution in [-0.2, 0) is 0 Å². The summed E-state index contributed by atoms with van der Waals surface area (Å²) in [5, 5.41) is 1.06. The number of rotatable bonds is 2. The molecular weight excluding hydrogens is 270 g/mol. The SMILES string of the molecule is [2H]c1cnc(Sc2ccn3ccnc3c2Cl)c(N)n1. The first-order chi connectivity index (χ1) is 9.15. The van der Waals surface area contributed by atoms with Crippen LogP contribution in [0.4, 0.5) is 5.82 Å². The molecule has 0 fully saturated rings. The number of nitrogens with two attached hydrogens (primary N) is 1. The van der Waals surface area contributed by atoms with Crippen molar-refractivity contribution in [2.75, 3.05) is 5.73 Å². The molecule has 0 aromatic carbocycles. The molecule has 0 saturated carbocycles. The summed E-state index contributed by atoms with van der Waals surface area (Å²) in [6.45, 7) is 0. The zero-order chi connectivity index (χ0) is 13.4. The standard InChI is InChI=1S/C11H8ClN5S/c12-8-7(1-5-17-6-4-15-10(8)17)18-11-9(13)14-2-3-16-11/h1-6H,(H2,13,14)/i2D. The molecular formula is C11H8ClN5S. The van der Waals surface area contributed by atoms with Crippen molar-refractivity contribution in [3.63, 3.8) is 0 Å². The number of pyridine rings is 1. The number of hydrogen-bond acceptors (Lipinski definition) is 5. The second-order valence-electron chi connectivity index (χ2n) is 3.44. The predicted octanol–water partition coefficient (Wildman–Crippen LogP) is 2.51. The summed E-state index contributed by atoms with van der Waals surface area (Å²) in [6, 6.07) is 1.86. The van der Waals surface area contributed by atoms with Gasteiger partial charge in [-0.15, -0.1) is 0 Å². The van der Waals surface area contributed by atoms with Crippen molar-refractivity contribution in [2.24, 2.45) is 0 Å². The van der Waals surface area contributed by atoms with Gasteiger partial charge in [0.2, 0.25) is 0 Å². The van der Waals surface area contributed by atoms with Crippen LogP contribution in [0, 0.1) is 0 Å². The van der Waals surface area contributed by atoms with E-state index in [1.807, 2.05) is 22.9 Å².